The SMILES string of the molecule is NC[C@H]1O[C@@H](n2c(N)nc3c(N)ncnc32)[C@H](O)[C@@H]1O. The average molecular weight is 281 g/mol. The molecule has 8 N–H and O–H groups in total. The Morgan fingerprint density at radius 1 is 1.25 bits per heavy atom. The molecule has 0 saturated carbocycles. The molecule has 10 heteroatoms. The Morgan fingerprint density at radius 3 is 2.65 bits per heavy atom. The minimum atomic E-state index is -1.19. The van der Waals surface area contributed by atoms with E-state index in [0.717, 1.165) is 0 Å². The summed E-state index contributed by atoms with van der Waals surface area (Å²) in [6.45, 7) is 0.0678. The Kier molecular flexibility index (Phi) is 2.94. The second-order valence-corrected chi connectivity index (χ2v) is 4.55. The fraction of sp³-hybridized carbons (Fsp3) is 0.500. The number of nitrogens with two attached hydrogens (primary N) is 3. The predicted octanol–water partition coefficient (Wildman–Crippen LogP) is -2.43. The summed E-state index contributed by atoms with van der Waals surface area (Å²) in [5.74, 6) is 0.227. The quantitative estimate of drug-likeness (QED) is 0.401. The van der Waals surface area contributed by atoms with Gasteiger partial charge in [0.05, 0.1) is 0 Å². The number of imidazole rings is 1. The van der Waals surface area contributed by atoms with Gasteiger partial charge in [0.25, 0.3) is 0 Å². The van der Waals surface area contributed by atoms with E-state index in [0.29, 0.717) is 11.2 Å². The summed E-state index contributed by atoms with van der Waals surface area (Å²) in [5.41, 5.74) is 17.6. The zero-order valence-electron chi connectivity index (χ0n) is 10.4. The van der Waals surface area contributed by atoms with Gasteiger partial charge in [0.15, 0.2) is 23.2 Å². The van der Waals surface area contributed by atoms with E-state index in [-0.39, 0.29) is 18.3 Å². The average Bonchev–Trinajstić information content (AvgIpc) is 2.90. The van der Waals surface area contributed by atoms with E-state index in [1.165, 1.54) is 10.9 Å². The molecular formula is C10H15N7O3. The standard InChI is InChI=1S/C10H15N7O3/c11-1-3-5(18)6(19)9(20-3)17-8-4(16-10(17)13)7(12)14-2-15-8/h2-3,5-6,9,18-19H,1,11H2,(H2,13,16)(H2,12,14,15)/t3-,5-,6-,9-/m1/s1. The molecule has 20 heavy (non-hydrogen) atoms. The van der Waals surface area contributed by atoms with Crippen molar-refractivity contribution >= 4 is 22.9 Å². The summed E-state index contributed by atoms with van der Waals surface area (Å²) in [6, 6.07) is 0. The van der Waals surface area contributed by atoms with Crippen LogP contribution in [-0.4, -0.2) is 54.6 Å². The maximum Gasteiger partial charge on any atom is 0.204 e. The Labute approximate surface area is 113 Å². The highest BCUT2D eigenvalue weighted by molar-refractivity contribution is 5.83. The summed E-state index contributed by atoms with van der Waals surface area (Å²) in [5, 5.41) is 19.9. The smallest absolute Gasteiger partial charge is 0.204 e. The van der Waals surface area contributed by atoms with Crippen LogP contribution in [0.25, 0.3) is 11.2 Å². The van der Waals surface area contributed by atoms with Crippen molar-refractivity contribution < 1.29 is 14.9 Å². The normalized spacial score (nSPS) is 30.1. The van der Waals surface area contributed by atoms with Gasteiger partial charge in [0.2, 0.25) is 5.95 Å². The molecule has 0 aromatic carbocycles. The van der Waals surface area contributed by atoms with Crippen molar-refractivity contribution in [3.05, 3.63) is 6.33 Å². The zero-order chi connectivity index (χ0) is 14.4. The Hall–Kier alpha value is -2.01. The molecule has 1 saturated heterocycles. The van der Waals surface area contributed by atoms with Crippen molar-refractivity contribution in [2.45, 2.75) is 24.5 Å². The number of anilines is 2. The minimum absolute atomic E-state index is 0.0566. The molecule has 2 aromatic heterocycles. The molecule has 1 aliphatic heterocycles. The van der Waals surface area contributed by atoms with Crippen molar-refractivity contribution in [2.75, 3.05) is 18.0 Å². The highest BCUT2D eigenvalue weighted by atomic mass is 16.6. The number of hydrogen-bond acceptors (Lipinski definition) is 9. The first-order valence-electron chi connectivity index (χ1n) is 6.00. The zero-order valence-corrected chi connectivity index (χ0v) is 10.4. The molecule has 10 nitrogen and oxygen atoms in total. The van der Waals surface area contributed by atoms with Crippen molar-refractivity contribution in [1.29, 1.82) is 0 Å². The summed E-state index contributed by atoms with van der Waals surface area (Å²) >= 11 is 0. The topological polar surface area (TPSA) is 171 Å². The molecule has 0 bridgehead atoms. The van der Waals surface area contributed by atoms with Crippen LogP contribution in [0.5, 0.6) is 0 Å². The van der Waals surface area contributed by atoms with E-state index in [1.807, 2.05) is 0 Å². The number of fused-ring (bicyclic) bond motifs is 1. The number of nitrogens with zero attached hydrogens (tertiary/aromatic N) is 4. The number of aliphatic hydroxyl groups excluding tert-OH is 2. The summed E-state index contributed by atoms with van der Waals surface area (Å²) in [4.78, 5) is 11.9. The largest absolute Gasteiger partial charge is 0.387 e. The van der Waals surface area contributed by atoms with Crippen molar-refractivity contribution in [3.63, 3.8) is 0 Å². The predicted molar refractivity (Wildman–Crippen MR) is 69.1 cm³/mol. The third kappa shape index (κ3) is 1.70. The fourth-order valence-electron chi connectivity index (χ4n) is 2.33. The van der Waals surface area contributed by atoms with Crippen LogP contribution in [0, 0.1) is 0 Å². The highest BCUT2D eigenvalue weighted by Gasteiger charge is 2.44. The minimum Gasteiger partial charge on any atom is -0.387 e. The van der Waals surface area contributed by atoms with Gasteiger partial charge in [-0.25, -0.2) is 15.0 Å². The molecule has 108 valence electrons. The van der Waals surface area contributed by atoms with Crippen LogP contribution in [0.4, 0.5) is 11.8 Å². The summed E-state index contributed by atoms with van der Waals surface area (Å²) in [7, 11) is 0. The molecule has 0 unspecified atom stereocenters. The fourth-order valence-corrected chi connectivity index (χ4v) is 2.33. The first-order chi connectivity index (χ1) is 9.54. The number of aliphatic hydroxyl groups is 2. The van der Waals surface area contributed by atoms with Crippen molar-refractivity contribution in [1.82, 2.24) is 19.5 Å². The molecule has 1 aliphatic rings. The van der Waals surface area contributed by atoms with E-state index in [4.69, 9.17) is 21.9 Å². The summed E-state index contributed by atoms with van der Waals surface area (Å²) in [6.07, 6.45) is -2.67. The van der Waals surface area contributed by atoms with Crippen LogP contribution in [0.3, 0.4) is 0 Å². The molecule has 1 fully saturated rings. The first-order valence-corrected chi connectivity index (χ1v) is 6.00. The number of hydrogen-bond donors (Lipinski definition) is 5. The number of nitrogen functional groups attached to an aromatic ring is 2. The Bertz CT molecular complexity index is 645. The lowest BCUT2D eigenvalue weighted by atomic mass is 10.1. The third-order valence-electron chi connectivity index (χ3n) is 3.36. The van der Waals surface area contributed by atoms with Crippen molar-refractivity contribution in [2.24, 2.45) is 5.73 Å². The number of rotatable bonds is 2. The lowest BCUT2D eigenvalue weighted by Gasteiger charge is -2.17. The van der Waals surface area contributed by atoms with Gasteiger partial charge in [-0.15, -0.1) is 0 Å². The van der Waals surface area contributed by atoms with E-state index in [2.05, 4.69) is 15.0 Å². The monoisotopic (exact) mass is 281 g/mol. The maximum atomic E-state index is 10.1. The van der Waals surface area contributed by atoms with Gasteiger partial charge >= 0.3 is 0 Å². The summed E-state index contributed by atoms with van der Waals surface area (Å²) < 4.78 is 6.90. The van der Waals surface area contributed by atoms with Crippen LogP contribution < -0.4 is 17.2 Å². The Morgan fingerprint density at radius 2 is 2.00 bits per heavy atom. The van der Waals surface area contributed by atoms with Crippen LogP contribution in [0.1, 0.15) is 6.23 Å². The van der Waals surface area contributed by atoms with Gasteiger partial charge in [-0.1, -0.05) is 0 Å². The van der Waals surface area contributed by atoms with Gasteiger partial charge in [0, 0.05) is 6.54 Å². The third-order valence-corrected chi connectivity index (χ3v) is 3.36. The molecule has 0 radical (unpaired) electrons. The Balaban J connectivity index is 2.11. The maximum absolute atomic E-state index is 10.1. The number of aromatic nitrogens is 4. The van der Waals surface area contributed by atoms with E-state index >= 15 is 0 Å². The lowest BCUT2D eigenvalue weighted by Crippen LogP contribution is -2.35. The second-order valence-electron chi connectivity index (χ2n) is 4.55. The van der Waals surface area contributed by atoms with E-state index in [9.17, 15) is 10.2 Å². The van der Waals surface area contributed by atoms with Gasteiger partial charge in [-0.2, -0.15) is 0 Å². The molecule has 0 amide bonds. The van der Waals surface area contributed by atoms with Crippen LogP contribution in [0.15, 0.2) is 6.33 Å². The molecule has 0 spiro atoms. The second kappa shape index (κ2) is 4.52. The number of ether oxygens (including phenoxy) is 1. The highest BCUT2D eigenvalue weighted by Crippen LogP contribution is 2.33. The molecular weight excluding hydrogens is 266 g/mol. The molecule has 2 aromatic rings. The van der Waals surface area contributed by atoms with Gasteiger partial charge < -0.3 is 32.2 Å². The van der Waals surface area contributed by atoms with Crippen LogP contribution >= 0.6 is 0 Å². The lowest BCUT2D eigenvalue weighted by molar-refractivity contribution is -0.0308. The van der Waals surface area contributed by atoms with Gasteiger partial charge in [-0.3, -0.25) is 4.57 Å². The van der Waals surface area contributed by atoms with E-state index < -0.39 is 24.5 Å². The molecule has 3 heterocycles. The van der Waals surface area contributed by atoms with Crippen LogP contribution in [-0.2, 0) is 4.74 Å². The first kappa shape index (κ1) is 13.0. The molecule has 0 aliphatic carbocycles. The molecule has 3 rings (SSSR count). The van der Waals surface area contributed by atoms with Gasteiger partial charge in [-0.05, 0) is 0 Å². The van der Waals surface area contributed by atoms with Crippen molar-refractivity contribution in [3.8, 4) is 0 Å². The van der Waals surface area contributed by atoms with Gasteiger partial charge in [0.1, 0.15) is 24.6 Å². The molecule has 4 atom stereocenters. The van der Waals surface area contributed by atoms with Crippen LogP contribution in [0.2, 0.25) is 0 Å². The van der Waals surface area contributed by atoms with E-state index in [1.54, 1.807) is 0 Å².